The van der Waals surface area contributed by atoms with Crippen LogP contribution in [0.25, 0.3) is 5.76 Å². The highest BCUT2D eigenvalue weighted by atomic mass is 127. The number of hydrogen-bond donors (Lipinski definition) is 0. The first-order valence-corrected chi connectivity index (χ1v) is 14.6. The number of carbonyl (C=O) groups excluding carboxylic acids is 1. The van der Waals surface area contributed by atoms with Gasteiger partial charge in [-0.3, -0.25) is 9.79 Å². The van der Waals surface area contributed by atoms with E-state index in [9.17, 15) is 4.79 Å². The van der Waals surface area contributed by atoms with Crippen molar-refractivity contribution >= 4 is 42.4 Å². The van der Waals surface area contributed by atoms with E-state index < -0.39 is 21.1 Å². The quantitative estimate of drug-likeness (QED) is 0.178. The zero-order valence-corrected chi connectivity index (χ0v) is 23.5. The van der Waals surface area contributed by atoms with Crippen molar-refractivity contribution in [1.29, 1.82) is 0 Å². The highest BCUT2D eigenvalue weighted by Gasteiger charge is 2.35. The Hall–Kier alpha value is -2.34. The first-order chi connectivity index (χ1) is 16.9. The van der Waals surface area contributed by atoms with Crippen LogP contribution in [0.1, 0.15) is 84.6 Å². The minimum Gasteiger partial charge on any atom is -0.435 e. The Morgan fingerprint density at radius 3 is 2.57 bits per heavy atom. The highest BCUT2D eigenvalue weighted by molar-refractivity contribution is 14.2. The van der Waals surface area contributed by atoms with Crippen LogP contribution < -0.4 is 0 Å². The zero-order chi connectivity index (χ0) is 24.9. The van der Waals surface area contributed by atoms with Gasteiger partial charge < -0.3 is 3.07 Å². The van der Waals surface area contributed by atoms with Gasteiger partial charge in [-0.1, -0.05) is 73.0 Å². The van der Waals surface area contributed by atoms with Gasteiger partial charge in [0.2, 0.25) is 0 Å². The molecule has 0 N–H and O–H groups in total. The van der Waals surface area contributed by atoms with Crippen LogP contribution in [0.2, 0.25) is 0 Å². The summed E-state index contributed by atoms with van der Waals surface area (Å²) in [5.74, 6) is 1.78. The average molecular weight is 582 g/mol. The number of carbonyl (C=O) groups is 1. The Labute approximate surface area is 220 Å². The molecular weight excluding hydrogens is 545 g/mol. The number of ketones is 1. The fourth-order valence-corrected chi connectivity index (χ4v) is 7.61. The van der Waals surface area contributed by atoms with E-state index in [1.807, 2.05) is 0 Å². The number of aryl methyl sites for hydroxylation is 2. The monoisotopic (exact) mass is 581 g/mol. The van der Waals surface area contributed by atoms with Crippen molar-refractivity contribution in [1.82, 2.24) is 0 Å². The molecule has 2 aromatic carbocycles. The van der Waals surface area contributed by atoms with Gasteiger partial charge in [0.25, 0.3) is 0 Å². The molecule has 2 aromatic rings. The van der Waals surface area contributed by atoms with Gasteiger partial charge in [-0.2, -0.15) is 0 Å². The lowest BCUT2D eigenvalue weighted by Gasteiger charge is -2.31. The Bertz CT molecular complexity index is 1190. The van der Waals surface area contributed by atoms with Gasteiger partial charge in [0.15, 0.2) is 5.78 Å². The van der Waals surface area contributed by atoms with E-state index in [1.165, 1.54) is 21.1 Å². The number of benzene rings is 2. The van der Waals surface area contributed by atoms with Gasteiger partial charge >= 0.3 is 0 Å². The van der Waals surface area contributed by atoms with Crippen molar-refractivity contribution in [3.05, 3.63) is 88.5 Å². The number of halogens is 1. The summed E-state index contributed by atoms with van der Waals surface area (Å²) < 4.78 is 7.73. The number of allylic oxidation sites excluding steroid dienone is 2. The van der Waals surface area contributed by atoms with Crippen LogP contribution in [0.3, 0.4) is 0 Å². The summed E-state index contributed by atoms with van der Waals surface area (Å²) in [6, 6.07) is 14.8. The molecular formula is C31H36INO2. The Kier molecular flexibility index (Phi) is 8.53. The topological polar surface area (TPSA) is 38.7 Å². The van der Waals surface area contributed by atoms with Crippen molar-refractivity contribution in [2.24, 2.45) is 16.8 Å². The minimum absolute atomic E-state index is 0.0626. The third-order valence-electron chi connectivity index (χ3n) is 7.30. The second kappa shape index (κ2) is 11.6. The van der Waals surface area contributed by atoms with Crippen LogP contribution >= 0.6 is 21.1 Å². The second-order valence-electron chi connectivity index (χ2n) is 9.90. The molecule has 0 saturated heterocycles. The molecule has 3 nitrogen and oxygen atoms in total. The fraction of sp³-hybridized carbons (Fsp3) is 0.387. The number of aliphatic imine (C=N–C) groups is 1. The number of rotatable bonds is 8. The number of nitrogens with zero attached hydrogens (tertiary/aromatic N) is 1. The Balaban J connectivity index is 1.58. The van der Waals surface area contributed by atoms with E-state index >= 15 is 0 Å². The van der Waals surface area contributed by atoms with Crippen LogP contribution in [0.15, 0.2) is 65.7 Å². The smallest absolute Gasteiger partial charge is 0.166 e. The molecule has 35 heavy (non-hydrogen) atoms. The molecule has 0 bridgehead atoms. The van der Waals surface area contributed by atoms with Crippen LogP contribution in [0, 0.1) is 25.7 Å². The lowest BCUT2D eigenvalue weighted by atomic mass is 9.72. The number of hydrogen-bond acceptors (Lipinski definition) is 3. The van der Waals surface area contributed by atoms with Gasteiger partial charge in [0.1, 0.15) is 26.9 Å². The summed E-state index contributed by atoms with van der Waals surface area (Å²) in [6.45, 7) is 12.2. The van der Waals surface area contributed by atoms with Crippen LogP contribution in [-0.2, 0) is 3.07 Å². The maximum atomic E-state index is 14.0. The van der Waals surface area contributed by atoms with E-state index in [2.05, 4.69) is 81.7 Å². The SMILES string of the molecule is C=CC=NC(C)c1ccc(C)cc1C(=O)C1CCCCC1CC1=IOC(c2ccc(C)cc2)=C1C. The number of Topliss-reactive ketones (excluding diaryl/α,β-unsaturated/α-hetero) is 1. The van der Waals surface area contributed by atoms with Crippen molar-refractivity contribution in [3.8, 4) is 0 Å². The molecule has 1 saturated carbocycles. The molecule has 0 aromatic heterocycles. The Morgan fingerprint density at radius 1 is 1.11 bits per heavy atom. The maximum Gasteiger partial charge on any atom is 0.166 e. The molecule has 1 aliphatic carbocycles. The Morgan fingerprint density at radius 2 is 1.83 bits per heavy atom. The third-order valence-corrected chi connectivity index (χ3v) is 9.74. The van der Waals surface area contributed by atoms with E-state index in [4.69, 9.17) is 3.07 Å². The fourth-order valence-electron chi connectivity index (χ4n) is 5.22. The normalized spacial score (nSPS) is 21.3. The van der Waals surface area contributed by atoms with Crippen LogP contribution in [0.4, 0.5) is 0 Å². The molecule has 184 valence electrons. The molecule has 0 amide bonds. The predicted octanol–water partition coefficient (Wildman–Crippen LogP) is 8.52. The van der Waals surface area contributed by atoms with Crippen molar-refractivity contribution in [2.45, 2.75) is 65.8 Å². The molecule has 3 atom stereocenters. The molecule has 4 rings (SSSR count). The van der Waals surface area contributed by atoms with E-state index in [-0.39, 0.29) is 12.0 Å². The average Bonchev–Trinajstić information content (AvgIpc) is 3.22. The summed E-state index contributed by atoms with van der Waals surface area (Å²) in [5.41, 5.74) is 6.71. The highest BCUT2D eigenvalue weighted by Crippen LogP contribution is 2.41. The summed E-state index contributed by atoms with van der Waals surface area (Å²) in [5, 5.41) is 0. The molecule has 0 spiro atoms. The van der Waals surface area contributed by atoms with E-state index in [1.54, 1.807) is 12.3 Å². The largest absolute Gasteiger partial charge is 0.435 e. The van der Waals surface area contributed by atoms with Crippen LogP contribution in [-0.4, -0.2) is 15.5 Å². The van der Waals surface area contributed by atoms with Gasteiger partial charge in [-0.05, 0) is 64.5 Å². The molecule has 0 radical (unpaired) electrons. The summed E-state index contributed by atoms with van der Waals surface area (Å²) in [4.78, 5) is 18.6. The predicted molar refractivity (Wildman–Crippen MR) is 157 cm³/mol. The van der Waals surface area contributed by atoms with E-state index in [0.717, 1.165) is 53.7 Å². The molecule has 1 fully saturated rings. The standard InChI is InChI=1S/C31H36INO2/c1-6-17-33-23(5)26-16-13-21(3)18-28(26)30(34)27-10-8-7-9-25(27)19-29-22(4)31(35-32-29)24-14-11-20(2)12-15-24/h6,11-18,23,25,27H,1,7-10,19H2,2-5H3. The third kappa shape index (κ3) is 5.91. The maximum absolute atomic E-state index is 14.0. The molecule has 2 aliphatic rings. The zero-order valence-electron chi connectivity index (χ0n) is 21.3. The molecule has 1 aliphatic heterocycles. The first-order valence-electron chi connectivity index (χ1n) is 12.6. The minimum atomic E-state index is -0.486. The van der Waals surface area contributed by atoms with Crippen molar-refractivity contribution in [2.75, 3.05) is 0 Å². The lowest BCUT2D eigenvalue weighted by Crippen LogP contribution is -2.29. The summed E-state index contributed by atoms with van der Waals surface area (Å²) in [6.07, 6.45) is 8.81. The lowest BCUT2D eigenvalue weighted by molar-refractivity contribution is 0.0828. The summed E-state index contributed by atoms with van der Waals surface area (Å²) >= 11 is -0.486. The van der Waals surface area contributed by atoms with Gasteiger partial charge in [-0.25, -0.2) is 0 Å². The molecule has 1 heterocycles. The van der Waals surface area contributed by atoms with Gasteiger partial charge in [-0.15, -0.1) is 0 Å². The van der Waals surface area contributed by atoms with Crippen molar-refractivity contribution in [3.63, 3.8) is 0 Å². The van der Waals surface area contributed by atoms with Crippen LogP contribution in [0.5, 0.6) is 0 Å². The first kappa shape index (κ1) is 25.7. The molecule has 3 unspecified atom stereocenters. The van der Waals surface area contributed by atoms with E-state index in [0.29, 0.717) is 11.7 Å². The van der Waals surface area contributed by atoms with Gasteiger partial charge in [0.05, 0.1) is 6.04 Å². The molecule has 4 heteroatoms. The summed E-state index contributed by atoms with van der Waals surface area (Å²) in [7, 11) is 0. The van der Waals surface area contributed by atoms with Crippen molar-refractivity contribution < 1.29 is 7.86 Å². The van der Waals surface area contributed by atoms with Gasteiger partial charge in [0, 0.05) is 32.3 Å². The second-order valence-corrected chi connectivity index (χ2v) is 12.1.